The van der Waals surface area contributed by atoms with Gasteiger partial charge in [-0.1, -0.05) is 30.3 Å². The molecule has 0 aliphatic rings. The minimum atomic E-state index is -1.09. The van der Waals surface area contributed by atoms with Crippen molar-refractivity contribution in [3.8, 4) is 5.75 Å². The molecular weight excluding hydrogens is 524 g/mol. The van der Waals surface area contributed by atoms with Crippen LogP contribution in [-0.4, -0.2) is 77.2 Å². The van der Waals surface area contributed by atoms with Crippen LogP contribution in [0.1, 0.15) is 43.6 Å². The molecule has 2 amide bonds. The number of nitrogens with one attached hydrogen (secondary N) is 1. The Balaban J connectivity index is 1.98. The number of hydrogen-bond acceptors (Lipinski definition) is 8. The van der Waals surface area contributed by atoms with E-state index in [1.165, 1.54) is 4.90 Å². The number of anilines is 3. The number of ether oxygens (including phenoxy) is 1. The number of carboxylic acid groups (broad SMARTS) is 1. The largest absolute Gasteiger partial charge is 0.480 e. The molecule has 1 heterocycles. The Hall–Kier alpha value is -4.67. The number of amides is 2. The number of rotatable bonds is 12. The highest BCUT2D eigenvalue weighted by atomic mass is 16.6. The maximum atomic E-state index is 13.6. The minimum absolute atomic E-state index is 0.107. The van der Waals surface area contributed by atoms with Crippen molar-refractivity contribution >= 4 is 35.4 Å². The van der Waals surface area contributed by atoms with E-state index in [1.54, 1.807) is 73.7 Å². The molecule has 3 aromatic rings. The normalized spacial score (nSPS) is 11.5. The molecule has 0 saturated carbocycles. The van der Waals surface area contributed by atoms with Crippen molar-refractivity contribution in [2.24, 2.45) is 0 Å². The molecule has 11 nitrogen and oxygen atoms in total. The highest BCUT2D eigenvalue weighted by molar-refractivity contribution is 6.07. The van der Waals surface area contributed by atoms with Crippen molar-refractivity contribution in [3.63, 3.8) is 0 Å². The van der Waals surface area contributed by atoms with Gasteiger partial charge in [0.1, 0.15) is 17.5 Å². The van der Waals surface area contributed by atoms with Crippen LogP contribution in [-0.2, 0) is 11.2 Å². The van der Waals surface area contributed by atoms with E-state index in [2.05, 4.69) is 10.3 Å². The molecule has 0 aliphatic carbocycles. The zero-order valence-electron chi connectivity index (χ0n) is 24.4. The summed E-state index contributed by atoms with van der Waals surface area (Å²) in [5, 5.41) is 13.2. The Bertz CT molecular complexity index is 1330. The molecule has 218 valence electrons. The van der Waals surface area contributed by atoms with E-state index in [0.29, 0.717) is 41.6 Å². The van der Waals surface area contributed by atoms with Crippen molar-refractivity contribution in [2.45, 2.75) is 46.2 Å². The van der Waals surface area contributed by atoms with Crippen LogP contribution < -0.4 is 19.9 Å². The minimum Gasteiger partial charge on any atom is -0.480 e. The molecule has 3 rings (SSSR count). The van der Waals surface area contributed by atoms with Gasteiger partial charge in [0, 0.05) is 45.2 Å². The molecular formula is C30H38N6O5. The standard InChI is InChI=1S/C30H38N6O5/c1-7-35(8-2)29-31-19-25(36(20(3)4)27(37)22-12-10-9-11-13-22)26(33-29)32-24(28(38)39)18-21-14-16-23(17-15-21)41-30(40)34(5)6/h9-17,19-20,24H,7-8,18H2,1-6H3,(H,38,39)(H,31,32,33)/t24-/m0/s1. The van der Waals surface area contributed by atoms with Gasteiger partial charge in [-0.15, -0.1) is 0 Å². The van der Waals surface area contributed by atoms with Crippen molar-refractivity contribution < 1.29 is 24.2 Å². The van der Waals surface area contributed by atoms with E-state index in [1.807, 2.05) is 38.7 Å². The molecule has 0 radical (unpaired) electrons. The lowest BCUT2D eigenvalue weighted by molar-refractivity contribution is -0.137. The summed E-state index contributed by atoms with van der Waals surface area (Å²) in [6, 6.07) is 14.2. The Kier molecular flexibility index (Phi) is 10.6. The fourth-order valence-electron chi connectivity index (χ4n) is 4.14. The van der Waals surface area contributed by atoms with Crippen LogP contribution in [0.15, 0.2) is 60.8 Å². The predicted molar refractivity (Wildman–Crippen MR) is 159 cm³/mol. The van der Waals surface area contributed by atoms with Crippen LogP contribution in [0.2, 0.25) is 0 Å². The first-order chi connectivity index (χ1) is 19.5. The summed E-state index contributed by atoms with van der Waals surface area (Å²) in [5.41, 5.74) is 1.57. The lowest BCUT2D eigenvalue weighted by atomic mass is 10.1. The molecule has 0 unspecified atom stereocenters. The molecule has 2 aromatic carbocycles. The van der Waals surface area contributed by atoms with E-state index in [-0.39, 0.29) is 24.2 Å². The van der Waals surface area contributed by atoms with Crippen molar-refractivity contribution in [1.82, 2.24) is 14.9 Å². The Morgan fingerprint density at radius 2 is 1.61 bits per heavy atom. The van der Waals surface area contributed by atoms with Gasteiger partial charge >= 0.3 is 12.1 Å². The van der Waals surface area contributed by atoms with Crippen LogP contribution in [0, 0.1) is 0 Å². The molecule has 0 fully saturated rings. The van der Waals surface area contributed by atoms with Crippen molar-refractivity contribution in [2.75, 3.05) is 42.3 Å². The lowest BCUT2D eigenvalue weighted by Crippen LogP contribution is -2.39. The zero-order valence-corrected chi connectivity index (χ0v) is 24.4. The molecule has 1 atom stereocenters. The maximum absolute atomic E-state index is 13.6. The SMILES string of the molecule is CCN(CC)c1ncc(N(C(=O)c2ccccc2)C(C)C)c(N[C@@H](Cc2ccc(OC(=O)N(C)C)cc2)C(=O)O)n1. The summed E-state index contributed by atoms with van der Waals surface area (Å²) in [6.07, 6.45) is 1.16. The van der Waals surface area contributed by atoms with E-state index < -0.39 is 18.1 Å². The van der Waals surface area contributed by atoms with Crippen molar-refractivity contribution in [3.05, 3.63) is 71.9 Å². The van der Waals surface area contributed by atoms with E-state index in [9.17, 15) is 19.5 Å². The molecule has 0 bridgehead atoms. The molecule has 2 N–H and O–H groups in total. The quantitative estimate of drug-likeness (QED) is 0.327. The third-order valence-corrected chi connectivity index (χ3v) is 6.36. The van der Waals surface area contributed by atoms with Gasteiger partial charge in [0.05, 0.1) is 6.20 Å². The van der Waals surface area contributed by atoms with Gasteiger partial charge in [-0.05, 0) is 57.5 Å². The summed E-state index contributed by atoms with van der Waals surface area (Å²) < 4.78 is 5.26. The second kappa shape index (κ2) is 14.1. The average Bonchev–Trinajstić information content (AvgIpc) is 2.95. The number of hydrogen-bond donors (Lipinski definition) is 2. The summed E-state index contributed by atoms with van der Waals surface area (Å²) in [6.45, 7) is 9.02. The maximum Gasteiger partial charge on any atom is 0.414 e. The van der Waals surface area contributed by atoms with Crippen LogP contribution in [0.25, 0.3) is 0 Å². The van der Waals surface area contributed by atoms with E-state index in [4.69, 9.17) is 9.72 Å². The number of carboxylic acids is 1. The number of aliphatic carboxylic acids is 1. The zero-order chi connectivity index (χ0) is 30.1. The van der Waals surface area contributed by atoms with Crippen molar-refractivity contribution in [1.29, 1.82) is 0 Å². The Morgan fingerprint density at radius 3 is 2.15 bits per heavy atom. The number of benzene rings is 2. The first kappa shape index (κ1) is 30.9. The molecule has 11 heteroatoms. The van der Waals surface area contributed by atoms with Gasteiger partial charge in [-0.25, -0.2) is 14.6 Å². The fraction of sp³-hybridized carbons (Fsp3) is 0.367. The van der Waals surface area contributed by atoms with E-state index >= 15 is 0 Å². The summed E-state index contributed by atoms with van der Waals surface area (Å²) in [5.74, 6) is -0.330. The second-order valence-electron chi connectivity index (χ2n) is 9.86. The Morgan fingerprint density at radius 1 is 0.976 bits per heavy atom. The molecule has 0 spiro atoms. The second-order valence-corrected chi connectivity index (χ2v) is 9.86. The van der Waals surface area contributed by atoms with Gasteiger partial charge in [0.15, 0.2) is 5.82 Å². The third kappa shape index (κ3) is 7.93. The van der Waals surface area contributed by atoms with Crippen LogP contribution in [0.5, 0.6) is 5.75 Å². The van der Waals surface area contributed by atoms with Gasteiger partial charge in [-0.3, -0.25) is 4.79 Å². The molecule has 1 aromatic heterocycles. The van der Waals surface area contributed by atoms with Gasteiger partial charge in [0.2, 0.25) is 5.95 Å². The summed E-state index contributed by atoms with van der Waals surface area (Å²) in [4.78, 5) is 51.9. The predicted octanol–water partition coefficient (Wildman–Crippen LogP) is 4.55. The van der Waals surface area contributed by atoms with E-state index in [0.717, 1.165) is 0 Å². The van der Waals surface area contributed by atoms with Gasteiger partial charge in [0.25, 0.3) is 5.91 Å². The first-order valence-electron chi connectivity index (χ1n) is 13.5. The number of aromatic nitrogens is 2. The smallest absolute Gasteiger partial charge is 0.414 e. The fourth-order valence-corrected chi connectivity index (χ4v) is 4.14. The average molecular weight is 563 g/mol. The summed E-state index contributed by atoms with van der Waals surface area (Å²) >= 11 is 0. The first-order valence-corrected chi connectivity index (χ1v) is 13.5. The topological polar surface area (TPSA) is 128 Å². The number of carbonyl (C=O) groups excluding carboxylic acids is 2. The monoisotopic (exact) mass is 562 g/mol. The molecule has 41 heavy (non-hydrogen) atoms. The van der Waals surface area contributed by atoms with Gasteiger partial charge < -0.3 is 29.9 Å². The van der Waals surface area contributed by atoms with Crippen LogP contribution in [0.3, 0.4) is 0 Å². The third-order valence-electron chi connectivity index (χ3n) is 6.36. The van der Waals surface area contributed by atoms with Crippen LogP contribution in [0.4, 0.5) is 22.2 Å². The highest BCUT2D eigenvalue weighted by Gasteiger charge is 2.28. The summed E-state index contributed by atoms with van der Waals surface area (Å²) in [7, 11) is 3.17. The lowest BCUT2D eigenvalue weighted by Gasteiger charge is -2.30. The van der Waals surface area contributed by atoms with Gasteiger partial charge in [-0.2, -0.15) is 4.98 Å². The highest BCUT2D eigenvalue weighted by Crippen LogP contribution is 2.30. The Labute approximate surface area is 240 Å². The van der Waals surface area contributed by atoms with Crippen LogP contribution >= 0.6 is 0 Å². The molecule has 0 aliphatic heterocycles. The molecule has 0 saturated heterocycles. The number of nitrogens with zero attached hydrogens (tertiary/aromatic N) is 5. The number of carbonyl (C=O) groups is 3.